The molecule has 0 aliphatic heterocycles. The van der Waals surface area contributed by atoms with E-state index in [9.17, 15) is 27.6 Å². The largest absolute Gasteiger partial charge is 0.479 e. The van der Waals surface area contributed by atoms with Crippen molar-refractivity contribution in [2.24, 2.45) is 7.05 Å². The number of aromatic nitrogens is 3. The summed E-state index contributed by atoms with van der Waals surface area (Å²) in [6.45, 7) is 6.92. The van der Waals surface area contributed by atoms with Gasteiger partial charge in [-0.05, 0) is 75.1 Å². The van der Waals surface area contributed by atoms with Crippen molar-refractivity contribution in [1.82, 2.24) is 13.5 Å². The van der Waals surface area contributed by atoms with Crippen LogP contribution in [-0.4, -0.2) is 31.7 Å². The Balaban J connectivity index is 1.78. The molecule has 0 amide bonds. The molecule has 0 saturated carbocycles. The number of carbonyl (C=O) groups excluding carboxylic acids is 1. The molecule has 12 heteroatoms. The van der Waals surface area contributed by atoms with Crippen molar-refractivity contribution in [3.8, 4) is 22.7 Å². The van der Waals surface area contributed by atoms with E-state index < -0.39 is 35.2 Å². The summed E-state index contributed by atoms with van der Waals surface area (Å²) in [4.78, 5) is 37.5. The average Bonchev–Trinajstić information content (AvgIpc) is 3.24. The zero-order valence-electron chi connectivity index (χ0n) is 21.1. The van der Waals surface area contributed by atoms with E-state index in [1.54, 1.807) is 51.1 Å². The van der Waals surface area contributed by atoms with Crippen molar-refractivity contribution < 1.29 is 27.4 Å². The molecule has 1 atom stereocenters. The number of aryl methyl sites for hydroxylation is 1. The van der Waals surface area contributed by atoms with Crippen molar-refractivity contribution in [3.63, 3.8) is 0 Å². The predicted molar refractivity (Wildman–Crippen MR) is 137 cm³/mol. The normalized spacial score (nSPS) is 12.7. The number of hydrogen-bond donors (Lipinski definition) is 0. The average molecular weight is 548 g/mol. The summed E-state index contributed by atoms with van der Waals surface area (Å²) in [5.41, 5.74) is -1.39. The molecule has 0 bridgehead atoms. The van der Waals surface area contributed by atoms with Gasteiger partial charge in [-0.2, -0.15) is 17.5 Å². The smallest absolute Gasteiger partial charge is 0.431 e. The highest BCUT2D eigenvalue weighted by molar-refractivity contribution is 7.13. The highest BCUT2D eigenvalue weighted by Crippen LogP contribution is 2.36. The lowest BCUT2D eigenvalue weighted by atomic mass is 10.0. The molecule has 0 saturated heterocycles. The zero-order chi connectivity index (χ0) is 27.9. The minimum Gasteiger partial charge on any atom is -0.479 e. The van der Waals surface area contributed by atoms with Gasteiger partial charge in [0.25, 0.3) is 5.56 Å². The Morgan fingerprint density at radius 2 is 1.76 bits per heavy atom. The van der Waals surface area contributed by atoms with Gasteiger partial charge in [0.05, 0.1) is 22.2 Å². The van der Waals surface area contributed by atoms with E-state index in [0.29, 0.717) is 37.6 Å². The molecular formula is C26H24F3N3O5S. The van der Waals surface area contributed by atoms with E-state index in [-0.39, 0.29) is 11.8 Å². The molecule has 0 aliphatic carbocycles. The minimum absolute atomic E-state index is 0.105. The first-order valence-electron chi connectivity index (χ1n) is 11.6. The maximum Gasteiger partial charge on any atom is 0.431 e. The lowest BCUT2D eigenvalue weighted by Gasteiger charge is -2.17. The third kappa shape index (κ3) is 5.21. The summed E-state index contributed by atoms with van der Waals surface area (Å²) in [5, 5.41) is 0.592. The number of fused-ring (bicyclic) bond motifs is 1. The first-order valence-corrected chi connectivity index (χ1v) is 12.3. The van der Waals surface area contributed by atoms with E-state index in [2.05, 4.69) is 4.37 Å². The number of nitrogens with zero attached hydrogens (tertiary/aromatic N) is 3. The van der Waals surface area contributed by atoms with Crippen LogP contribution >= 0.6 is 11.5 Å². The van der Waals surface area contributed by atoms with Crippen LogP contribution in [0.4, 0.5) is 13.2 Å². The van der Waals surface area contributed by atoms with Crippen LogP contribution in [0.15, 0.2) is 52.1 Å². The van der Waals surface area contributed by atoms with E-state index >= 15 is 0 Å². The van der Waals surface area contributed by atoms with E-state index in [0.717, 1.165) is 17.3 Å². The van der Waals surface area contributed by atoms with E-state index in [1.807, 2.05) is 6.92 Å². The van der Waals surface area contributed by atoms with Crippen LogP contribution in [0.5, 0.6) is 5.75 Å². The fraction of sp³-hybridized carbons (Fsp3) is 0.308. The third-order valence-corrected chi connectivity index (χ3v) is 6.61. The second kappa shape index (κ2) is 10.1. The van der Waals surface area contributed by atoms with Gasteiger partial charge in [0.15, 0.2) is 6.10 Å². The lowest BCUT2D eigenvalue weighted by Crippen LogP contribution is -2.40. The zero-order valence-corrected chi connectivity index (χ0v) is 21.9. The molecule has 0 spiro atoms. The third-order valence-electron chi connectivity index (χ3n) is 5.78. The fourth-order valence-electron chi connectivity index (χ4n) is 3.91. The molecule has 8 nitrogen and oxygen atoms in total. The van der Waals surface area contributed by atoms with Crippen LogP contribution in [0.3, 0.4) is 0 Å². The number of hydrogen-bond acceptors (Lipinski definition) is 7. The molecule has 2 aromatic carbocycles. The Kier molecular flexibility index (Phi) is 7.20. The summed E-state index contributed by atoms with van der Waals surface area (Å²) in [6.07, 6.45) is -5.99. The number of rotatable bonds is 6. The Bertz CT molecular complexity index is 1650. The first kappa shape index (κ1) is 27.1. The summed E-state index contributed by atoms with van der Waals surface area (Å²) in [5.74, 6) is -0.0987. The highest BCUT2D eigenvalue weighted by Gasteiger charge is 2.35. The fourth-order valence-corrected chi connectivity index (χ4v) is 4.67. The van der Waals surface area contributed by atoms with Crippen LogP contribution in [0.25, 0.3) is 27.0 Å². The number of benzene rings is 2. The molecule has 2 heterocycles. The molecule has 1 unspecified atom stereocenters. The van der Waals surface area contributed by atoms with E-state index in [4.69, 9.17) is 9.47 Å². The molecule has 4 aromatic rings. The number of alkyl halides is 3. The Morgan fingerprint density at radius 3 is 2.42 bits per heavy atom. The molecule has 4 rings (SSSR count). The number of carbonyl (C=O) groups is 1. The molecule has 0 N–H and O–H groups in total. The highest BCUT2D eigenvalue weighted by atomic mass is 32.1. The number of ether oxygens (including phenoxy) is 2. The maximum absolute atomic E-state index is 13.2. The van der Waals surface area contributed by atoms with Gasteiger partial charge in [-0.3, -0.25) is 9.36 Å². The predicted octanol–water partition coefficient (Wildman–Crippen LogP) is 4.86. The lowest BCUT2D eigenvalue weighted by molar-refractivity contribution is -0.155. The maximum atomic E-state index is 13.2. The Hall–Kier alpha value is -3.93. The van der Waals surface area contributed by atoms with Crippen LogP contribution in [0.1, 0.15) is 32.0 Å². The number of esters is 1. The molecule has 0 aliphatic rings. The Morgan fingerprint density at radius 1 is 1.05 bits per heavy atom. The van der Waals surface area contributed by atoms with Crippen molar-refractivity contribution in [3.05, 3.63) is 74.6 Å². The van der Waals surface area contributed by atoms with Gasteiger partial charge in [0, 0.05) is 24.1 Å². The van der Waals surface area contributed by atoms with Gasteiger partial charge < -0.3 is 9.47 Å². The minimum atomic E-state index is -4.85. The quantitative estimate of drug-likeness (QED) is 0.320. The van der Waals surface area contributed by atoms with Crippen molar-refractivity contribution in [2.75, 3.05) is 0 Å². The van der Waals surface area contributed by atoms with E-state index in [1.165, 1.54) is 17.6 Å². The number of halogens is 3. The summed E-state index contributed by atoms with van der Waals surface area (Å²) in [7, 11) is 0.962. The van der Waals surface area contributed by atoms with Crippen LogP contribution in [0, 0.1) is 6.92 Å². The summed E-state index contributed by atoms with van der Waals surface area (Å²) in [6, 6.07) is 10.3. The second-order valence-corrected chi connectivity index (χ2v) is 9.78. The van der Waals surface area contributed by atoms with Gasteiger partial charge >= 0.3 is 17.8 Å². The van der Waals surface area contributed by atoms with Crippen molar-refractivity contribution >= 4 is 27.6 Å². The second-order valence-electron chi connectivity index (χ2n) is 8.98. The van der Waals surface area contributed by atoms with Gasteiger partial charge in [-0.1, -0.05) is 6.07 Å². The topological polar surface area (TPSA) is 92.4 Å². The molecule has 2 aromatic heterocycles. The van der Waals surface area contributed by atoms with Gasteiger partial charge in [-0.25, -0.2) is 14.2 Å². The SMILES string of the molecule is Cc1ccc(OC(C)C(=O)OC(C)C)cc1-c1nsc2ccc(-n3c(=O)cc(C(F)(F)F)n(C)c3=O)cc12. The first-order chi connectivity index (χ1) is 17.8. The monoisotopic (exact) mass is 547 g/mol. The van der Waals surface area contributed by atoms with Gasteiger partial charge in [0.1, 0.15) is 11.4 Å². The van der Waals surface area contributed by atoms with Gasteiger partial charge in [-0.15, -0.1) is 0 Å². The Labute approximate surface area is 219 Å². The van der Waals surface area contributed by atoms with Crippen LogP contribution in [0.2, 0.25) is 0 Å². The van der Waals surface area contributed by atoms with Crippen LogP contribution < -0.4 is 16.0 Å². The summed E-state index contributed by atoms with van der Waals surface area (Å²) >= 11 is 1.19. The van der Waals surface area contributed by atoms with Crippen molar-refractivity contribution in [2.45, 2.75) is 46.1 Å². The molecule has 200 valence electrons. The molecular weight excluding hydrogens is 523 g/mol. The van der Waals surface area contributed by atoms with Crippen molar-refractivity contribution in [1.29, 1.82) is 0 Å². The summed E-state index contributed by atoms with van der Waals surface area (Å²) < 4.78 is 57.1. The van der Waals surface area contributed by atoms with Crippen LogP contribution in [-0.2, 0) is 22.8 Å². The van der Waals surface area contributed by atoms with Gasteiger partial charge in [0.2, 0.25) is 0 Å². The molecule has 0 radical (unpaired) electrons. The molecule has 0 fully saturated rings. The standard InChI is InChI=1S/C26H24F3N3O5S/c1-13(2)36-24(34)15(4)37-17-8-6-14(3)18(11-17)23-19-10-16(7-9-20(19)38-30-23)32-22(33)12-21(26(27,28)29)31(5)25(32)35/h6-13,15H,1-5H3. The molecule has 38 heavy (non-hydrogen) atoms.